The van der Waals surface area contributed by atoms with E-state index in [2.05, 4.69) is 57.0 Å². The second kappa shape index (κ2) is 5.88. The molecule has 0 amide bonds. The van der Waals surface area contributed by atoms with Crippen LogP contribution in [0.3, 0.4) is 0 Å². The van der Waals surface area contributed by atoms with Gasteiger partial charge < -0.3 is 15.0 Å². The molecule has 1 atom stereocenters. The van der Waals surface area contributed by atoms with Crippen molar-refractivity contribution in [1.29, 1.82) is 0 Å². The van der Waals surface area contributed by atoms with Crippen LogP contribution in [0.4, 0.5) is 5.69 Å². The first-order valence-electron chi connectivity index (χ1n) is 7.96. The van der Waals surface area contributed by atoms with Gasteiger partial charge in [0.2, 0.25) is 0 Å². The van der Waals surface area contributed by atoms with E-state index in [0.717, 1.165) is 12.3 Å². The Morgan fingerprint density at radius 3 is 2.57 bits per heavy atom. The van der Waals surface area contributed by atoms with Gasteiger partial charge in [-0.3, -0.25) is 0 Å². The van der Waals surface area contributed by atoms with E-state index in [9.17, 15) is 0 Å². The zero-order valence-electron chi connectivity index (χ0n) is 14.6. The minimum Gasteiger partial charge on any atom is -0.496 e. The van der Waals surface area contributed by atoms with Gasteiger partial charge in [-0.25, -0.2) is 0 Å². The van der Waals surface area contributed by atoms with Crippen molar-refractivity contribution in [2.75, 3.05) is 19.1 Å². The standard InChI is InChI=1S/C18H30N2O/c1-12(2)20-16-9-17(21-7)14(11-19-6)8-15(16)13(3)10-18(20,4)5/h8-9,12-13,19H,10-11H2,1-7H3/t13-/m0/s1. The number of anilines is 1. The van der Waals surface area contributed by atoms with E-state index in [4.69, 9.17) is 4.74 Å². The van der Waals surface area contributed by atoms with Gasteiger partial charge in [-0.1, -0.05) is 6.92 Å². The van der Waals surface area contributed by atoms with Crippen LogP contribution in [0, 0.1) is 0 Å². The van der Waals surface area contributed by atoms with Crippen LogP contribution < -0.4 is 15.0 Å². The summed E-state index contributed by atoms with van der Waals surface area (Å²) in [6, 6.07) is 5.05. The summed E-state index contributed by atoms with van der Waals surface area (Å²) in [5.74, 6) is 1.56. The number of methoxy groups -OCH3 is 1. The van der Waals surface area contributed by atoms with Gasteiger partial charge in [0.25, 0.3) is 0 Å². The summed E-state index contributed by atoms with van der Waals surface area (Å²) < 4.78 is 5.63. The summed E-state index contributed by atoms with van der Waals surface area (Å²) in [5, 5.41) is 3.24. The van der Waals surface area contributed by atoms with Gasteiger partial charge in [0, 0.05) is 35.4 Å². The molecule has 0 unspecified atom stereocenters. The monoisotopic (exact) mass is 290 g/mol. The van der Waals surface area contributed by atoms with Crippen molar-refractivity contribution in [2.24, 2.45) is 0 Å². The highest BCUT2D eigenvalue weighted by Crippen LogP contribution is 2.46. The Balaban J connectivity index is 2.60. The highest BCUT2D eigenvalue weighted by atomic mass is 16.5. The second-order valence-corrected chi connectivity index (χ2v) is 7.13. The lowest BCUT2D eigenvalue weighted by Gasteiger charge is -2.50. The van der Waals surface area contributed by atoms with Gasteiger partial charge in [-0.05, 0) is 58.7 Å². The molecule has 1 aromatic carbocycles. The third kappa shape index (κ3) is 2.89. The van der Waals surface area contributed by atoms with Crippen LogP contribution in [-0.4, -0.2) is 25.7 Å². The third-order valence-corrected chi connectivity index (χ3v) is 4.56. The number of hydrogen-bond acceptors (Lipinski definition) is 3. The van der Waals surface area contributed by atoms with Crippen LogP contribution in [0.5, 0.6) is 5.75 Å². The van der Waals surface area contributed by atoms with Crippen molar-refractivity contribution in [3.05, 3.63) is 23.3 Å². The number of nitrogens with zero attached hydrogens (tertiary/aromatic N) is 1. The molecule has 1 aliphatic heterocycles. The Labute approximate surface area is 129 Å². The zero-order valence-corrected chi connectivity index (χ0v) is 14.6. The minimum absolute atomic E-state index is 0.177. The molecule has 0 bridgehead atoms. The Kier molecular flexibility index (Phi) is 4.52. The number of nitrogens with one attached hydrogen (secondary N) is 1. The highest BCUT2D eigenvalue weighted by Gasteiger charge is 2.38. The Morgan fingerprint density at radius 2 is 2.05 bits per heavy atom. The normalized spacial score (nSPS) is 20.6. The minimum atomic E-state index is 0.177. The fourth-order valence-electron chi connectivity index (χ4n) is 4.02. The molecular formula is C18H30N2O. The van der Waals surface area contributed by atoms with Crippen molar-refractivity contribution >= 4 is 5.69 Å². The van der Waals surface area contributed by atoms with E-state index in [0.29, 0.717) is 12.0 Å². The molecule has 118 valence electrons. The van der Waals surface area contributed by atoms with Gasteiger partial charge >= 0.3 is 0 Å². The predicted molar refractivity (Wildman–Crippen MR) is 90.5 cm³/mol. The highest BCUT2D eigenvalue weighted by molar-refractivity contribution is 5.64. The molecule has 0 aliphatic carbocycles. The molecule has 2 rings (SSSR count). The molecular weight excluding hydrogens is 260 g/mol. The van der Waals surface area contributed by atoms with E-state index in [1.165, 1.54) is 23.2 Å². The number of rotatable bonds is 4. The number of benzene rings is 1. The average molecular weight is 290 g/mol. The molecule has 3 nitrogen and oxygen atoms in total. The van der Waals surface area contributed by atoms with Gasteiger partial charge in [-0.2, -0.15) is 0 Å². The molecule has 0 saturated heterocycles. The van der Waals surface area contributed by atoms with Crippen LogP contribution in [0.2, 0.25) is 0 Å². The maximum atomic E-state index is 5.63. The fourth-order valence-corrected chi connectivity index (χ4v) is 4.02. The van der Waals surface area contributed by atoms with Gasteiger partial charge in [0.05, 0.1) is 7.11 Å². The van der Waals surface area contributed by atoms with E-state index < -0.39 is 0 Å². The predicted octanol–water partition coefficient (Wildman–Crippen LogP) is 3.92. The molecule has 21 heavy (non-hydrogen) atoms. The summed E-state index contributed by atoms with van der Waals surface area (Å²) in [5.41, 5.74) is 4.21. The number of fused-ring (bicyclic) bond motifs is 1. The Hall–Kier alpha value is -1.22. The van der Waals surface area contributed by atoms with E-state index in [1.807, 2.05) is 7.05 Å². The zero-order chi connectivity index (χ0) is 15.8. The quantitative estimate of drug-likeness (QED) is 0.909. The van der Waals surface area contributed by atoms with Crippen LogP contribution in [-0.2, 0) is 6.54 Å². The molecule has 0 saturated carbocycles. The molecule has 1 heterocycles. The van der Waals surface area contributed by atoms with Crippen LogP contribution in [0.25, 0.3) is 0 Å². The molecule has 1 aromatic rings. The van der Waals surface area contributed by atoms with E-state index >= 15 is 0 Å². The van der Waals surface area contributed by atoms with Crippen LogP contribution >= 0.6 is 0 Å². The molecule has 0 radical (unpaired) electrons. The lowest BCUT2D eigenvalue weighted by Crippen LogP contribution is -2.51. The summed E-state index contributed by atoms with van der Waals surface area (Å²) >= 11 is 0. The Bertz CT molecular complexity index is 508. The summed E-state index contributed by atoms with van der Waals surface area (Å²) in [4.78, 5) is 2.55. The van der Waals surface area contributed by atoms with Crippen LogP contribution in [0.1, 0.15) is 58.1 Å². The summed E-state index contributed by atoms with van der Waals surface area (Å²) in [6.45, 7) is 12.4. The number of ether oxygens (including phenoxy) is 1. The summed E-state index contributed by atoms with van der Waals surface area (Å²) in [7, 11) is 3.74. The van der Waals surface area contributed by atoms with Crippen molar-refractivity contribution < 1.29 is 4.74 Å². The van der Waals surface area contributed by atoms with E-state index in [1.54, 1.807) is 7.11 Å². The van der Waals surface area contributed by atoms with E-state index in [-0.39, 0.29) is 5.54 Å². The molecule has 1 N–H and O–H groups in total. The topological polar surface area (TPSA) is 24.5 Å². The fraction of sp³-hybridized carbons (Fsp3) is 0.667. The molecule has 1 aliphatic rings. The van der Waals surface area contributed by atoms with Crippen molar-refractivity contribution in [3.63, 3.8) is 0 Å². The largest absolute Gasteiger partial charge is 0.496 e. The first-order valence-corrected chi connectivity index (χ1v) is 7.96. The second-order valence-electron chi connectivity index (χ2n) is 7.13. The van der Waals surface area contributed by atoms with Gasteiger partial charge in [0.1, 0.15) is 5.75 Å². The maximum absolute atomic E-state index is 5.63. The maximum Gasteiger partial charge on any atom is 0.125 e. The Morgan fingerprint density at radius 1 is 1.38 bits per heavy atom. The molecule has 0 aromatic heterocycles. The summed E-state index contributed by atoms with van der Waals surface area (Å²) in [6.07, 6.45) is 1.18. The van der Waals surface area contributed by atoms with Crippen molar-refractivity contribution in [3.8, 4) is 5.75 Å². The number of hydrogen-bond donors (Lipinski definition) is 1. The molecule has 0 fully saturated rings. The van der Waals surface area contributed by atoms with Crippen molar-refractivity contribution in [2.45, 2.75) is 65.1 Å². The lowest BCUT2D eigenvalue weighted by atomic mass is 9.78. The van der Waals surface area contributed by atoms with Crippen molar-refractivity contribution in [1.82, 2.24) is 5.32 Å². The first-order chi connectivity index (χ1) is 9.81. The smallest absolute Gasteiger partial charge is 0.125 e. The average Bonchev–Trinajstić information content (AvgIpc) is 2.37. The lowest BCUT2D eigenvalue weighted by molar-refractivity contribution is 0.353. The first kappa shape index (κ1) is 16.2. The third-order valence-electron chi connectivity index (χ3n) is 4.56. The molecule has 0 spiro atoms. The van der Waals surface area contributed by atoms with Gasteiger partial charge in [0.15, 0.2) is 0 Å². The van der Waals surface area contributed by atoms with Crippen LogP contribution in [0.15, 0.2) is 12.1 Å². The molecule has 3 heteroatoms. The van der Waals surface area contributed by atoms with Gasteiger partial charge in [-0.15, -0.1) is 0 Å². The SMILES string of the molecule is CNCc1cc2c(cc1OC)N(C(C)C)C(C)(C)C[C@@H]2C.